The number of fused-ring (bicyclic) bond motifs is 1. The maximum Gasteiger partial charge on any atom is 0.332 e. The van der Waals surface area contributed by atoms with E-state index in [9.17, 15) is 14.4 Å². The molecule has 0 spiro atoms. The predicted molar refractivity (Wildman–Crippen MR) is 82.9 cm³/mol. The van der Waals surface area contributed by atoms with E-state index in [0.717, 1.165) is 17.4 Å². The number of carbonyl (C=O) groups excluding carboxylic acids is 1. The fraction of sp³-hybridized carbons (Fsp3) is 0.538. The SMILES string of the molecule is Cn1c(=O)c2c(ncn2CCCCC(=O)CBr)n(C)c1=O. The molecule has 114 valence electrons. The number of hydrogen-bond donors (Lipinski definition) is 0. The van der Waals surface area contributed by atoms with E-state index in [1.165, 1.54) is 11.6 Å². The number of carbonyl (C=O) groups is 1. The van der Waals surface area contributed by atoms with Crippen LogP contribution in [0, 0.1) is 0 Å². The lowest BCUT2D eigenvalue weighted by Crippen LogP contribution is -2.37. The Morgan fingerprint density at radius 2 is 1.95 bits per heavy atom. The van der Waals surface area contributed by atoms with Gasteiger partial charge in [0.05, 0.1) is 11.7 Å². The molecule has 2 heterocycles. The molecular formula is C13H17BrN4O3. The number of rotatable bonds is 6. The third-order valence-electron chi connectivity index (χ3n) is 3.47. The smallest absolute Gasteiger partial charge is 0.325 e. The fourth-order valence-electron chi connectivity index (χ4n) is 2.24. The Morgan fingerprint density at radius 1 is 1.24 bits per heavy atom. The second kappa shape index (κ2) is 6.38. The molecule has 0 aliphatic carbocycles. The third-order valence-corrected chi connectivity index (χ3v) is 4.10. The quantitative estimate of drug-likeness (QED) is 0.559. The average molecular weight is 357 g/mol. The van der Waals surface area contributed by atoms with Crippen molar-refractivity contribution in [3.63, 3.8) is 0 Å². The summed E-state index contributed by atoms with van der Waals surface area (Å²) >= 11 is 3.13. The van der Waals surface area contributed by atoms with E-state index >= 15 is 0 Å². The molecule has 2 aromatic heterocycles. The Bertz CT molecular complexity index is 787. The Hall–Kier alpha value is -1.70. The number of hydrogen-bond acceptors (Lipinski definition) is 4. The summed E-state index contributed by atoms with van der Waals surface area (Å²) in [6.07, 6.45) is 3.62. The van der Waals surface area contributed by atoms with Crippen molar-refractivity contribution >= 4 is 32.9 Å². The van der Waals surface area contributed by atoms with Crippen molar-refractivity contribution in [3.05, 3.63) is 27.2 Å². The molecule has 0 saturated carbocycles. The van der Waals surface area contributed by atoms with Gasteiger partial charge in [-0.05, 0) is 12.8 Å². The molecule has 0 amide bonds. The van der Waals surface area contributed by atoms with Gasteiger partial charge in [0.15, 0.2) is 11.2 Å². The van der Waals surface area contributed by atoms with Crippen LogP contribution in [0.25, 0.3) is 11.2 Å². The van der Waals surface area contributed by atoms with Gasteiger partial charge in [0.1, 0.15) is 5.78 Å². The van der Waals surface area contributed by atoms with Gasteiger partial charge in [-0.25, -0.2) is 9.78 Å². The number of halogens is 1. The summed E-state index contributed by atoms with van der Waals surface area (Å²) < 4.78 is 4.19. The highest BCUT2D eigenvalue weighted by Gasteiger charge is 2.13. The molecule has 0 saturated heterocycles. The Labute approximate surface area is 129 Å². The van der Waals surface area contributed by atoms with Crippen molar-refractivity contribution < 1.29 is 4.79 Å². The molecule has 8 heteroatoms. The van der Waals surface area contributed by atoms with Gasteiger partial charge in [0, 0.05) is 27.1 Å². The zero-order chi connectivity index (χ0) is 15.6. The van der Waals surface area contributed by atoms with Crippen molar-refractivity contribution in [1.82, 2.24) is 18.7 Å². The van der Waals surface area contributed by atoms with Gasteiger partial charge >= 0.3 is 5.69 Å². The number of unbranched alkanes of at least 4 members (excludes halogenated alkanes) is 1. The van der Waals surface area contributed by atoms with Gasteiger partial charge in [-0.15, -0.1) is 0 Å². The van der Waals surface area contributed by atoms with Crippen LogP contribution in [-0.2, 0) is 25.4 Å². The standard InChI is InChI=1S/C13H17BrN4O3/c1-16-11-10(12(20)17(2)13(16)21)18(8-15-11)6-4-3-5-9(19)7-14/h8H,3-7H2,1-2H3. The lowest BCUT2D eigenvalue weighted by atomic mass is 10.2. The third kappa shape index (κ3) is 2.99. The number of aromatic nitrogens is 4. The van der Waals surface area contributed by atoms with Gasteiger partial charge in [-0.2, -0.15) is 0 Å². The minimum Gasteiger partial charge on any atom is -0.325 e. The summed E-state index contributed by atoms with van der Waals surface area (Å²) in [6.45, 7) is 0.597. The minimum absolute atomic E-state index is 0.170. The lowest BCUT2D eigenvalue weighted by Gasteiger charge is -2.06. The number of nitrogens with zero attached hydrogens (tertiary/aromatic N) is 4. The van der Waals surface area contributed by atoms with Gasteiger partial charge < -0.3 is 4.57 Å². The van der Waals surface area contributed by atoms with E-state index in [4.69, 9.17) is 0 Å². The maximum absolute atomic E-state index is 12.2. The van der Waals surface area contributed by atoms with Crippen LogP contribution in [0.3, 0.4) is 0 Å². The summed E-state index contributed by atoms with van der Waals surface area (Å²) in [5, 5.41) is 0.379. The summed E-state index contributed by atoms with van der Waals surface area (Å²) in [7, 11) is 3.05. The Morgan fingerprint density at radius 3 is 2.62 bits per heavy atom. The van der Waals surface area contributed by atoms with Crippen LogP contribution in [0.15, 0.2) is 15.9 Å². The molecule has 0 bridgehead atoms. The predicted octanol–water partition coefficient (Wildman–Crippen LogP) is 0.568. The van der Waals surface area contributed by atoms with Crippen molar-refractivity contribution in [2.75, 3.05) is 5.33 Å². The summed E-state index contributed by atoms with van der Waals surface area (Å²) in [5.74, 6) is 0.170. The van der Waals surface area contributed by atoms with Crippen LogP contribution in [0.1, 0.15) is 19.3 Å². The van der Waals surface area contributed by atoms with E-state index in [1.807, 2.05) is 0 Å². The first-order chi connectivity index (χ1) is 9.97. The molecular weight excluding hydrogens is 340 g/mol. The Balaban J connectivity index is 2.25. The molecule has 21 heavy (non-hydrogen) atoms. The number of ketones is 1. The molecule has 0 aromatic carbocycles. The van der Waals surface area contributed by atoms with Crippen LogP contribution >= 0.6 is 15.9 Å². The van der Waals surface area contributed by atoms with E-state index in [1.54, 1.807) is 17.9 Å². The van der Waals surface area contributed by atoms with E-state index < -0.39 is 0 Å². The van der Waals surface area contributed by atoms with E-state index in [2.05, 4.69) is 20.9 Å². The van der Waals surface area contributed by atoms with Gasteiger partial charge in [0.2, 0.25) is 0 Å². The van der Waals surface area contributed by atoms with Crippen molar-refractivity contribution in [2.24, 2.45) is 14.1 Å². The highest BCUT2D eigenvalue weighted by atomic mass is 79.9. The average Bonchev–Trinajstić information content (AvgIpc) is 2.91. The van der Waals surface area contributed by atoms with Gasteiger partial charge in [0.25, 0.3) is 5.56 Å². The highest BCUT2D eigenvalue weighted by Crippen LogP contribution is 2.08. The monoisotopic (exact) mass is 356 g/mol. The summed E-state index contributed by atoms with van der Waals surface area (Å²) in [6, 6.07) is 0. The van der Waals surface area contributed by atoms with Crippen molar-refractivity contribution in [3.8, 4) is 0 Å². The molecule has 0 unspecified atom stereocenters. The number of imidazole rings is 1. The molecule has 7 nitrogen and oxygen atoms in total. The lowest BCUT2D eigenvalue weighted by molar-refractivity contribution is -0.116. The van der Waals surface area contributed by atoms with E-state index in [-0.39, 0.29) is 17.0 Å². The molecule has 0 atom stereocenters. The number of Topliss-reactive ketones (excluding diaryl/α,β-unsaturated/α-hetero) is 1. The van der Waals surface area contributed by atoms with Crippen LogP contribution in [0.4, 0.5) is 0 Å². The van der Waals surface area contributed by atoms with Crippen LogP contribution < -0.4 is 11.2 Å². The Kier molecular flexibility index (Phi) is 4.76. The fourth-order valence-corrected chi connectivity index (χ4v) is 2.52. The molecule has 0 radical (unpaired) electrons. The molecule has 0 fully saturated rings. The topological polar surface area (TPSA) is 78.9 Å². The largest absolute Gasteiger partial charge is 0.332 e. The van der Waals surface area contributed by atoms with Crippen LogP contribution in [0.2, 0.25) is 0 Å². The van der Waals surface area contributed by atoms with Gasteiger partial charge in [-0.3, -0.25) is 18.7 Å². The zero-order valence-corrected chi connectivity index (χ0v) is 13.6. The molecule has 2 aromatic rings. The minimum atomic E-state index is -0.388. The summed E-state index contributed by atoms with van der Waals surface area (Å²) in [4.78, 5) is 39.4. The van der Waals surface area contributed by atoms with E-state index in [0.29, 0.717) is 29.5 Å². The van der Waals surface area contributed by atoms with Crippen molar-refractivity contribution in [2.45, 2.75) is 25.8 Å². The maximum atomic E-state index is 12.2. The number of aryl methyl sites for hydroxylation is 2. The number of alkyl halides is 1. The summed E-state index contributed by atoms with van der Waals surface area (Å²) in [5.41, 5.74) is 0.0776. The van der Waals surface area contributed by atoms with Gasteiger partial charge in [-0.1, -0.05) is 15.9 Å². The van der Waals surface area contributed by atoms with Crippen molar-refractivity contribution in [1.29, 1.82) is 0 Å². The molecule has 0 aliphatic heterocycles. The highest BCUT2D eigenvalue weighted by molar-refractivity contribution is 9.09. The second-order valence-electron chi connectivity index (χ2n) is 4.95. The first kappa shape index (κ1) is 15.7. The zero-order valence-electron chi connectivity index (χ0n) is 12.0. The first-order valence-electron chi connectivity index (χ1n) is 6.66. The molecule has 0 aliphatic rings. The molecule has 2 rings (SSSR count). The normalized spacial score (nSPS) is 11.2. The van der Waals surface area contributed by atoms with Crippen LogP contribution in [-0.4, -0.2) is 29.8 Å². The molecule has 0 N–H and O–H groups in total. The van der Waals surface area contributed by atoms with Crippen LogP contribution in [0.5, 0.6) is 0 Å². The first-order valence-corrected chi connectivity index (χ1v) is 7.78. The second-order valence-corrected chi connectivity index (χ2v) is 5.51.